The molecule has 3 nitrogen and oxygen atoms in total. The van der Waals surface area contributed by atoms with E-state index in [1.54, 1.807) is 0 Å². The molecule has 0 heterocycles. The van der Waals surface area contributed by atoms with E-state index < -0.39 is 0 Å². The number of nitrogens with zero attached hydrogens (tertiary/aromatic N) is 1. The molecule has 2 aliphatic rings. The second kappa shape index (κ2) is 6.36. The number of likely N-dealkylation sites (N-methyl/N-ethyl adjacent to an activating group) is 1. The average molecular weight is 254 g/mol. The minimum absolute atomic E-state index is 0.195. The number of hydrogen-bond donors (Lipinski definition) is 1. The van der Waals surface area contributed by atoms with Crippen LogP contribution in [0.1, 0.15) is 57.8 Å². The molecule has 106 valence electrons. The van der Waals surface area contributed by atoms with Gasteiger partial charge in [0.2, 0.25) is 0 Å². The minimum atomic E-state index is 0.195. The van der Waals surface area contributed by atoms with E-state index in [2.05, 4.69) is 11.9 Å². The molecular formula is C15H30N2O. The van der Waals surface area contributed by atoms with Crippen molar-refractivity contribution in [3.05, 3.63) is 0 Å². The molecule has 2 N–H and O–H groups in total. The van der Waals surface area contributed by atoms with Gasteiger partial charge in [0.25, 0.3) is 0 Å². The summed E-state index contributed by atoms with van der Waals surface area (Å²) < 4.78 is 5.60. The summed E-state index contributed by atoms with van der Waals surface area (Å²) in [5, 5.41) is 0. The predicted octanol–water partition coefficient (Wildman–Crippen LogP) is 2.54. The molecule has 2 unspecified atom stereocenters. The van der Waals surface area contributed by atoms with Crippen LogP contribution in [0.25, 0.3) is 0 Å². The van der Waals surface area contributed by atoms with Gasteiger partial charge in [-0.2, -0.15) is 0 Å². The van der Waals surface area contributed by atoms with E-state index in [9.17, 15) is 0 Å². The summed E-state index contributed by atoms with van der Waals surface area (Å²) in [4.78, 5) is 2.62. The molecule has 0 radical (unpaired) electrons. The first-order valence-corrected chi connectivity index (χ1v) is 7.67. The molecule has 18 heavy (non-hydrogen) atoms. The van der Waals surface area contributed by atoms with Crippen LogP contribution in [0, 0.1) is 0 Å². The standard InChI is InChI=1S/C15H30N2O/c1-17(13-7-4-3-5-8-13)15(12-16)10-6-9-14(11-15)18-2/h13-14H,3-12,16H2,1-2H3. The van der Waals surface area contributed by atoms with E-state index in [1.165, 1.54) is 51.4 Å². The number of nitrogens with two attached hydrogens (primary N) is 1. The third-order valence-corrected chi connectivity index (χ3v) is 5.36. The Kier molecular flexibility index (Phi) is 5.05. The predicted molar refractivity (Wildman–Crippen MR) is 75.7 cm³/mol. The molecule has 0 spiro atoms. The Morgan fingerprint density at radius 2 is 1.89 bits per heavy atom. The Balaban J connectivity index is 2.04. The van der Waals surface area contributed by atoms with Gasteiger partial charge in [-0.3, -0.25) is 4.90 Å². The third kappa shape index (κ3) is 2.89. The maximum atomic E-state index is 6.17. The lowest BCUT2D eigenvalue weighted by Gasteiger charge is -2.50. The molecule has 2 atom stereocenters. The molecule has 0 aromatic carbocycles. The first-order chi connectivity index (χ1) is 8.72. The van der Waals surface area contributed by atoms with Crippen molar-refractivity contribution in [3.63, 3.8) is 0 Å². The lowest BCUT2D eigenvalue weighted by molar-refractivity contribution is -0.0337. The van der Waals surface area contributed by atoms with Crippen LogP contribution in [-0.4, -0.2) is 43.3 Å². The van der Waals surface area contributed by atoms with Crippen LogP contribution in [0.4, 0.5) is 0 Å². The zero-order valence-corrected chi connectivity index (χ0v) is 12.2. The van der Waals surface area contributed by atoms with Gasteiger partial charge in [-0.1, -0.05) is 19.3 Å². The number of rotatable bonds is 4. The van der Waals surface area contributed by atoms with E-state index in [4.69, 9.17) is 10.5 Å². The van der Waals surface area contributed by atoms with Crippen molar-refractivity contribution in [1.29, 1.82) is 0 Å². The Hall–Kier alpha value is -0.120. The van der Waals surface area contributed by atoms with Crippen molar-refractivity contribution in [3.8, 4) is 0 Å². The second-order valence-corrected chi connectivity index (χ2v) is 6.29. The summed E-state index contributed by atoms with van der Waals surface area (Å²) in [6.45, 7) is 0.778. The summed E-state index contributed by atoms with van der Waals surface area (Å²) in [7, 11) is 4.15. The molecule has 0 aromatic heterocycles. The Labute approximate surface area is 112 Å². The van der Waals surface area contributed by atoms with Gasteiger partial charge in [-0.05, 0) is 45.6 Å². The molecule has 2 aliphatic carbocycles. The molecule has 0 amide bonds. The van der Waals surface area contributed by atoms with Crippen LogP contribution >= 0.6 is 0 Å². The Morgan fingerprint density at radius 1 is 1.17 bits per heavy atom. The van der Waals surface area contributed by atoms with E-state index in [0.29, 0.717) is 6.10 Å². The van der Waals surface area contributed by atoms with Crippen molar-refractivity contribution in [2.24, 2.45) is 5.73 Å². The quantitative estimate of drug-likeness (QED) is 0.838. The summed E-state index contributed by atoms with van der Waals surface area (Å²) >= 11 is 0. The van der Waals surface area contributed by atoms with E-state index in [0.717, 1.165) is 19.0 Å². The molecule has 0 bridgehead atoms. The van der Waals surface area contributed by atoms with Gasteiger partial charge in [0, 0.05) is 25.2 Å². The van der Waals surface area contributed by atoms with Gasteiger partial charge in [-0.25, -0.2) is 0 Å². The smallest absolute Gasteiger partial charge is 0.0589 e. The fourth-order valence-corrected chi connectivity index (χ4v) is 3.99. The Morgan fingerprint density at radius 3 is 2.50 bits per heavy atom. The molecule has 0 saturated heterocycles. The largest absolute Gasteiger partial charge is 0.381 e. The number of hydrogen-bond acceptors (Lipinski definition) is 3. The zero-order chi connectivity index (χ0) is 13.0. The monoisotopic (exact) mass is 254 g/mol. The maximum absolute atomic E-state index is 6.17. The number of ether oxygens (including phenoxy) is 1. The van der Waals surface area contributed by atoms with Gasteiger partial charge in [0.1, 0.15) is 0 Å². The normalized spacial score (nSPS) is 35.0. The van der Waals surface area contributed by atoms with E-state index >= 15 is 0 Å². The van der Waals surface area contributed by atoms with Crippen LogP contribution in [0.3, 0.4) is 0 Å². The summed E-state index contributed by atoms with van der Waals surface area (Å²) in [6, 6.07) is 0.748. The lowest BCUT2D eigenvalue weighted by Crippen LogP contribution is -2.59. The van der Waals surface area contributed by atoms with Gasteiger partial charge >= 0.3 is 0 Å². The highest BCUT2D eigenvalue weighted by Crippen LogP contribution is 2.37. The minimum Gasteiger partial charge on any atom is -0.381 e. The molecule has 2 fully saturated rings. The first kappa shape index (κ1) is 14.3. The van der Waals surface area contributed by atoms with Crippen molar-refractivity contribution < 1.29 is 4.74 Å². The van der Waals surface area contributed by atoms with Crippen molar-refractivity contribution in [1.82, 2.24) is 4.90 Å². The molecule has 3 heteroatoms. The zero-order valence-electron chi connectivity index (χ0n) is 12.2. The van der Waals surface area contributed by atoms with Gasteiger partial charge < -0.3 is 10.5 Å². The Bertz CT molecular complexity index is 253. The van der Waals surface area contributed by atoms with E-state index in [-0.39, 0.29) is 5.54 Å². The summed E-state index contributed by atoms with van der Waals surface area (Å²) in [5.41, 5.74) is 6.36. The molecule has 2 rings (SSSR count). The third-order valence-electron chi connectivity index (χ3n) is 5.36. The molecular weight excluding hydrogens is 224 g/mol. The molecule has 0 aromatic rings. The highest BCUT2D eigenvalue weighted by atomic mass is 16.5. The van der Waals surface area contributed by atoms with Crippen LogP contribution in [0.2, 0.25) is 0 Å². The molecule has 2 saturated carbocycles. The highest BCUT2D eigenvalue weighted by Gasteiger charge is 2.41. The molecule has 0 aliphatic heterocycles. The highest BCUT2D eigenvalue weighted by molar-refractivity contribution is 4.98. The van der Waals surface area contributed by atoms with E-state index in [1.807, 2.05) is 7.11 Å². The lowest BCUT2D eigenvalue weighted by atomic mass is 9.77. The maximum Gasteiger partial charge on any atom is 0.0589 e. The van der Waals surface area contributed by atoms with Gasteiger partial charge in [-0.15, -0.1) is 0 Å². The van der Waals surface area contributed by atoms with Crippen LogP contribution in [0.15, 0.2) is 0 Å². The second-order valence-electron chi connectivity index (χ2n) is 6.29. The van der Waals surface area contributed by atoms with Crippen LogP contribution < -0.4 is 5.73 Å². The van der Waals surface area contributed by atoms with Crippen molar-refractivity contribution in [2.75, 3.05) is 20.7 Å². The fourth-order valence-electron chi connectivity index (χ4n) is 3.99. The van der Waals surface area contributed by atoms with Crippen molar-refractivity contribution in [2.45, 2.75) is 75.5 Å². The SMILES string of the molecule is COC1CCCC(CN)(N(C)C2CCCCC2)C1. The topological polar surface area (TPSA) is 38.5 Å². The number of methoxy groups -OCH3 is 1. The van der Waals surface area contributed by atoms with Crippen molar-refractivity contribution >= 4 is 0 Å². The van der Waals surface area contributed by atoms with Crippen LogP contribution in [-0.2, 0) is 4.74 Å². The summed E-state index contributed by atoms with van der Waals surface area (Å²) in [6.07, 6.45) is 12.2. The van der Waals surface area contributed by atoms with Gasteiger partial charge in [0.05, 0.1) is 6.10 Å². The first-order valence-electron chi connectivity index (χ1n) is 7.67. The fraction of sp³-hybridized carbons (Fsp3) is 1.00. The average Bonchev–Trinajstić information content (AvgIpc) is 2.47. The van der Waals surface area contributed by atoms with Gasteiger partial charge in [0.15, 0.2) is 0 Å². The van der Waals surface area contributed by atoms with Crippen LogP contribution in [0.5, 0.6) is 0 Å². The summed E-state index contributed by atoms with van der Waals surface area (Å²) in [5.74, 6) is 0.